The van der Waals surface area contributed by atoms with Gasteiger partial charge in [0.05, 0.1) is 6.54 Å². The molecule has 1 aromatic heterocycles. The number of nitrogens with one attached hydrogen (secondary N) is 2. The Bertz CT molecular complexity index is 650. The Morgan fingerprint density at radius 3 is 2.96 bits per heavy atom. The molecule has 24 heavy (non-hydrogen) atoms. The number of halogens is 1. The molecular weight excluding hydrogens is 326 g/mol. The lowest BCUT2D eigenvalue weighted by Gasteiger charge is -2.13. The third kappa shape index (κ3) is 6.18. The Kier molecular flexibility index (Phi) is 7.52. The van der Waals surface area contributed by atoms with E-state index in [2.05, 4.69) is 15.6 Å². The molecule has 2 N–H and O–H groups in total. The second-order valence-corrected chi connectivity index (χ2v) is 5.79. The van der Waals surface area contributed by atoms with Crippen LogP contribution in [0.2, 0.25) is 5.02 Å². The predicted molar refractivity (Wildman–Crippen MR) is 95.0 cm³/mol. The van der Waals surface area contributed by atoms with E-state index in [-0.39, 0.29) is 12.5 Å². The van der Waals surface area contributed by atoms with Crippen molar-refractivity contribution in [1.82, 2.24) is 15.6 Å². The van der Waals surface area contributed by atoms with Crippen LogP contribution >= 0.6 is 11.6 Å². The van der Waals surface area contributed by atoms with Crippen LogP contribution in [0.25, 0.3) is 0 Å². The van der Waals surface area contributed by atoms with Crippen LogP contribution in [0.15, 0.2) is 42.7 Å². The van der Waals surface area contributed by atoms with Crippen molar-refractivity contribution in [3.05, 3.63) is 58.9 Å². The van der Waals surface area contributed by atoms with Crippen LogP contribution in [0.1, 0.15) is 24.5 Å². The molecule has 2 rings (SSSR count). The van der Waals surface area contributed by atoms with Gasteiger partial charge in [-0.15, -0.1) is 0 Å². The first-order valence-electron chi connectivity index (χ1n) is 7.96. The molecule has 0 aliphatic rings. The quantitative estimate of drug-likeness (QED) is 0.732. The minimum absolute atomic E-state index is 0.0169. The maximum atomic E-state index is 11.6. The van der Waals surface area contributed by atoms with Crippen molar-refractivity contribution in [2.24, 2.45) is 0 Å². The van der Waals surface area contributed by atoms with Gasteiger partial charge in [-0.2, -0.15) is 0 Å². The average molecular weight is 348 g/mol. The topological polar surface area (TPSA) is 63.2 Å². The molecule has 5 nitrogen and oxygen atoms in total. The van der Waals surface area contributed by atoms with Crippen LogP contribution in [0.4, 0.5) is 0 Å². The molecule has 0 radical (unpaired) electrons. The molecule has 0 bridgehead atoms. The zero-order valence-corrected chi connectivity index (χ0v) is 14.5. The smallest absolute Gasteiger partial charge is 0.233 e. The van der Waals surface area contributed by atoms with Crippen molar-refractivity contribution >= 4 is 17.5 Å². The molecule has 1 amide bonds. The van der Waals surface area contributed by atoms with Crippen molar-refractivity contribution in [1.29, 1.82) is 0 Å². The fraction of sp³-hybridized carbons (Fsp3) is 0.333. The first-order chi connectivity index (χ1) is 11.7. The summed E-state index contributed by atoms with van der Waals surface area (Å²) in [5.41, 5.74) is 1.90. The molecule has 1 heterocycles. The van der Waals surface area contributed by atoms with Crippen LogP contribution < -0.4 is 15.4 Å². The summed E-state index contributed by atoms with van der Waals surface area (Å²) in [6.07, 6.45) is 4.42. The van der Waals surface area contributed by atoms with Gasteiger partial charge in [0.15, 0.2) is 0 Å². The third-order valence-electron chi connectivity index (χ3n) is 3.31. The standard InChI is InChI=1S/C18H22ClN3O2/c1-2-7-22-18(23)12-21-11-15-9-16(19)5-6-17(15)24-13-14-4-3-8-20-10-14/h3-6,8-10,21H,2,7,11-13H2,1H3,(H,22,23). The Morgan fingerprint density at radius 1 is 1.33 bits per heavy atom. The SMILES string of the molecule is CCCNC(=O)CNCc1cc(Cl)ccc1OCc1cccnc1. The number of benzene rings is 1. The molecule has 0 aliphatic carbocycles. The average Bonchev–Trinajstić information content (AvgIpc) is 2.60. The second kappa shape index (κ2) is 9.90. The summed E-state index contributed by atoms with van der Waals surface area (Å²) in [5.74, 6) is 0.724. The zero-order valence-electron chi connectivity index (χ0n) is 13.7. The summed E-state index contributed by atoms with van der Waals surface area (Å²) in [5, 5.41) is 6.57. The number of amides is 1. The fourth-order valence-electron chi connectivity index (χ4n) is 2.11. The highest BCUT2D eigenvalue weighted by molar-refractivity contribution is 6.30. The Morgan fingerprint density at radius 2 is 2.21 bits per heavy atom. The highest BCUT2D eigenvalue weighted by atomic mass is 35.5. The highest BCUT2D eigenvalue weighted by Gasteiger charge is 2.07. The van der Waals surface area contributed by atoms with Crippen molar-refractivity contribution in [3.8, 4) is 5.75 Å². The van der Waals surface area contributed by atoms with Crippen molar-refractivity contribution < 1.29 is 9.53 Å². The molecule has 0 unspecified atom stereocenters. The fourth-order valence-corrected chi connectivity index (χ4v) is 2.30. The van der Waals surface area contributed by atoms with E-state index in [0.29, 0.717) is 24.7 Å². The van der Waals surface area contributed by atoms with E-state index in [9.17, 15) is 4.79 Å². The Labute approximate surface area is 147 Å². The molecule has 2 aromatic rings. The van der Waals surface area contributed by atoms with E-state index in [1.165, 1.54) is 0 Å². The summed E-state index contributed by atoms with van der Waals surface area (Å²) < 4.78 is 5.86. The number of nitrogens with zero attached hydrogens (tertiary/aromatic N) is 1. The van der Waals surface area contributed by atoms with Crippen molar-refractivity contribution in [2.75, 3.05) is 13.1 Å². The number of carbonyl (C=O) groups is 1. The van der Waals surface area contributed by atoms with Gasteiger partial charge in [0.25, 0.3) is 0 Å². The maximum absolute atomic E-state index is 11.6. The first kappa shape index (κ1) is 18.2. The van der Waals surface area contributed by atoms with Crippen LogP contribution in [-0.4, -0.2) is 24.0 Å². The first-order valence-corrected chi connectivity index (χ1v) is 8.34. The van der Waals surface area contributed by atoms with Crippen LogP contribution in [0.5, 0.6) is 5.75 Å². The van der Waals surface area contributed by atoms with E-state index < -0.39 is 0 Å². The monoisotopic (exact) mass is 347 g/mol. The minimum Gasteiger partial charge on any atom is -0.489 e. The van der Waals surface area contributed by atoms with E-state index in [1.54, 1.807) is 18.5 Å². The van der Waals surface area contributed by atoms with Gasteiger partial charge in [-0.05, 0) is 30.7 Å². The molecule has 0 saturated carbocycles. The van der Waals surface area contributed by atoms with Gasteiger partial charge >= 0.3 is 0 Å². The van der Waals surface area contributed by atoms with Gasteiger partial charge in [0.1, 0.15) is 12.4 Å². The summed E-state index contributed by atoms with van der Waals surface area (Å²) in [7, 11) is 0. The normalized spacial score (nSPS) is 10.4. The molecule has 6 heteroatoms. The van der Waals surface area contributed by atoms with Gasteiger partial charge < -0.3 is 15.4 Å². The second-order valence-electron chi connectivity index (χ2n) is 5.36. The maximum Gasteiger partial charge on any atom is 0.233 e. The van der Waals surface area contributed by atoms with Crippen LogP contribution in [0.3, 0.4) is 0 Å². The number of ether oxygens (including phenoxy) is 1. The highest BCUT2D eigenvalue weighted by Crippen LogP contribution is 2.23. The largest absolute Gasteiger partial charge is 0.489 e. The number of hydrogen-bond acceptors (Lipinski definition) is 4. The number of hydrogen-bond donors (Lipinski definition) is 2. The van der Waals surface area contributed by atoms with Gasteiger partial charge in [-0.3, -0.25) is 9.78 Å². The molecule has 1 aromatic carbocycles. The number of carbonyl (C=O) groups excluding carboxylic acids is 1. The Hall–Kier alpha value is -2.11. The molecule has 0 spiro atoms. The lowest BCUT2D eigenvalue weighted by atomic mass is 10.2. The van der Waals surface area contributed by atoms with Gasteiger partial charge in [0, 0.05) is 41.6 Å². The third-order valence-corrected chi connectivity index (χ3v) is 3.55. The minimum atomic E-state index is -0.0169. The summed E-state index contributed by atoms with van der Waals surface area (Å²) in [6, 6.07) is 9.30. The predicted octanol–water partition coefficient (Wildman–Crippen LogP) is 2.93. The van der Waals surface area contributed by atoms with Crippen LogP contribution in [0, 0.1) is 0 Å². The van der Waals surface area contributed by atoms with E-state index >= 15 is 0 Å². The van der Waals surface area contributed by atoms with Crippen molar-refractivity contribution in [2.45, 2.75) is 26.5 Å². The lowest BCUT2D eigenvalue weighted by Crippen LogP contribution is -2.34. The lowest BCUT2D eigenvalue weighted by molar-refractivity contribution is -0.120. The van der Waals surface area contributed by atoms with E-state index in [4.69, 9.17) is 16.3 Å². The van der Waals surface area contributed by atoms with Gasteiger partial charge in [-0.25, -0.2) is 0 Å². The van der Waals surface area contributed by atoms with Gasteiger partial charge in [-0.1, -0.05) is 24.6 Å². The van der Waals surface area contributed by atoms with E-state index in [1.807, 2.05) is 31.2 Å². The molecule has 0 fully saturated rings. The van der Waals surface area contributed by atoms with E-state index in [0.717, 1.165) is 23.3 Å². The Balaban J connectivity index is 1.91. The summed E-state index contributed by atoms with van der Waals surface area (Å²) in [4.78, 5) is 15.7. The summed E-state index contributed by atoms with van der Waals surface area (Å²) in [6.45, 7) is 3.90. The molecule has 0 saturated heterocycles. The van der Waals surface area contributed by atoms with Crippen LogP contribution in [-0.2, 0) is 17.9 Å². The summed E-state index contributed by atoms with van der Waals surface area (Å²) >= 11 is 6.07. The number of pyridine rings is 1. The molecular formula is C18H22ClN3O2. The number of aromatic nitrogens is 1. The molecule has 0 atom stereocenters. The van der Waals surface area contributed by atoms with Crippen molar-refractivity contribution in [3.63, 3.8) is 0 Å². The van der Waals surface area contributed by atoms with Gasteiger partial charge in [0.2, 0.25) is 5.91 Å². The zero-order chi connectivity index (χ0) is 17.2. The molecule has 128 valence electrons. The molecule has 0 aliphatic heterocycles. The number of rotatable bonds is 9.